The van der Waals surface area contributed by atoms with Gasteiger partial charge in [0.05, 0.1) is 18.2 Å². The Morgan fingerprint density at radius 3 is 2.44 bits per heavy atom. The first kappa shape index (κ1) is 38.1. The fourth-order valence-corrected chi connectivity index (χ4v) is 8.31. The predicted octanol–water partition coefficient (Wildman–Crippen LogP) is 7.33. The molecule has 50 heavy (non-hydrogen) atoms. The standard InChI is InChI=1S/C41H60N2O7/c1-7-20-43(39(46)28-16-17-28)36-27-34(42-50-40(4,5)6)32-25-29(14-10-12-21-44)31(15-11-13-22-45)37-33-26-30(47-23-8-2)18-19-35(33)49-41(36,38(32)37)48-24-9-3/h8-9,18-19,25-26,28-29,31,36-38,44-45H,2-3,7,10-17,20-24,27H2,1,4-6H3. The maximum Gasteiger partial charge on any atom is 0.239 e. The first-order valence-corrected chi connectivity index (χ1v) is 18.9. The molecule has 1 amide bonds. The number of hydrogen-bond donors (Lipinski definition) is 2. The highest BCUT2D eigenvalue weighted by atomic mass is 16.7. The van der Waals surface area contributed by atoms with E-state index < -0.39 is 17.4 Å². The van der Waals surface area contributed by atoms with Gasteiger partial charge in [0.25, 0.3) is 0 Å². The summed E-state index contributed by atoms with van der Waals surface area (Å²) in [4.78, 5) is 22.4. The molecule has 2 fully saturated rings. The summed E-state index contributed by atoms with van der Waals surface area (Å²) in [5.41, 5.74) is 2.41. The van der Waals surface area contributed by atoms with Crippen molar-refractivity contribution in [3.8, 4) is 11.5 Å². The molecule has 6 atom stereocenters. The van der Waals surface area contributed by atoms with E-state index in [9.17, 15) is 15.0 Å². The molecule has 0 spiro atoms. The molecule has 9 nitrogen and oxygen atoms in total. The number of rotatable bonds is 19. The van der Waals surface area contributed by atoms with Crippen LogP contribution in [0.2, 0.25) is 0 Å². The molecule has 1 aromatic rings. The lowest BCUT2D eigenvalue weighted by molar-refractivity contribution is -0.257. The second kappa shape index (κ2) is 16.9. The van der Waals surface area contributed by atoms with E-state index in [1.165, 1.54) is 0 Å². The Morgan fingerprint density at radius 1 is 1.08 bits per heavy atom. The molecule has 0 bridgehead atoms. The van der Waals surface area contributed by atoms with Crippen LogP contribution in [0, 0.1) is 23.7 Å². The molecular formula is C41H60N2O7. The number of aliphatic hydroxyl groups excluding tert-OH is 2. The third kappa shape index (κ3) is 8.32. The molecule has 1 aromatic carbocycles. The van der Waals surface area contributed by atoms with Crippen molar-refractivity contribution in [2.75, 3.05) is 33.0 Å². The van der Waals surface area contributed by atoms with Gasteiger partial charge in [-0.15, -0.1) is 6.58 Å². The average molecular weight is 693 g/mol. The van der Waals surface area contributed by atoms with E-state index in [0.29, 0.717) is 26.0 Å². The van der Waals surface area contributed by atoms with Crippen LogP contribution in [0.25, 0.3) is 0 Å². The number of fused-ring (bicyclic) bond motifs is 2. The second-order valence-corrected chi connectivity index (χ2v) is 15.4. The predicted molar refractivity (Wildman–Crippen MR) is 196 cm³/mol. The minimum Gasteiger partial charge on any atom is -0.490 e. The van der Waals surface area contributed by atoms with E-state index in [0.717, 1.165) is 79.7 Å². The first-order valence-electron chi connectivity index (χ1n) is 18.9. The molecule has 4 aliphatic rings. The molecule has 9 heteroatoms. The molecule has 6 unspecified atom stereocenters. The Balaban J connectivity index is 1.78. The normalized spacial score (nSPS) is 27.8. The lowest BCUT2D eigenvalue weighted by Crippen LogP contribution is -2.70. The van der Waals surface area contributed by atoms with Crippen LogP contribution in [0.1, 0.15) is 103 Å². The summed E-state index contributed by atoms with van der Waals surface area (Å²) in [5.74, 6) is 0.379. The topological polar surface area (TPSA) is 110 Å². The van der Waals surface area contributed by atoms with Crippen LogP contribution in [0.15, 0.2) is 60.3 Å². The van der Waals surface area contributed by atoms with Gasteiger partial charge in [0, 0.05) is 43.6 Å². The fraction of sp³-hybridized carbons (Fsp3) is 0.659. The minimum atomic E-state index is -1.22. The van der Waals surface area contributed by atoms with Crippen LogP contribution in [0.5, 0.6) is 11.5 Å². The van der Waals surface area contributed by atoms with Crippen molar-refractivity contribution >= 4 is 11.6 Å². The molecule has 0 radical (unpaired) electrons. The second-order valence-electron chi connectivity index (χ2n) is 15.4. The van der Waals surface area contributed by atoms with Crippen LogP contribution < -0.4 is 9.47 Å². The van der Waals surface area contributed by atoms with E-state index in [1.807, 2.05) is 37.8 Å². The summed E-state index contributed by atoms with van der Waals surface area (Å²) in [6.45, 7) is 17.4. The highest BCUT2D eigenvalue weighted by Gasteiger charge is 2.65. The highest BCUT2D eigenvalue weighted by Crippen LogP contribution is 2.62. The molecule has 2 N–H and O–H groups in total. The van der Waals surface area contributed by atoms with Gasteiger partial charge in [0.15, 0.2) is 0 Å². The van der Waals surface area contributed by atoms with E-state index in [-0.39, 0.29) is 55.3 Å². The lowest BCUT2D eigenvalue weighted by atomic mass is 9.55. The Bertz CT molecular complexity index is 1400. The molecule has 5 rings (SSSR count). The van der Waals surface area contributed by atoms with E-state index in [4.69, 9.17) is 24.2 Å². The van der Waals surface area contributed by atoms with Gasteiger partial charge < -0.3 is 34.2 Å². The van der Waals surface area contributed by atoms with E-state index in [1.54, 1.807) is 12.2 Å². The van der Waals surface area contributed by atoms with Crippen molar-refractivity contribution in [3.63, 3.8) is 0 Å². The average Bonchev–Trinajstić information content (AvgIpc) is 3.95. The zero-order valence-corrected chi connectivity index (χ0v) is 30.8. The minimum absolute atomic E-state index is 0.0193. The largest absolute Gasteiger partial charge is 0.490 e. The van der Waals surface area contributed by atoms with Gasteiger partial charge in [-0.05, 0) is 101 Å². The van der Waals surface area contributed by atoms with Gasteiger partial charge in [-0.2, -0.15) is 0 Å². The number of carbonyl (C=O) groups is 1. The third-order valence-corrected chi connectivity index (χ3v) is 10.5. The number of ether oxygens (including phenoxy) is 3. The monoisotopic (exact) mass is 692 g/mol. The molecule has 3 aliphatic carbocycles. The van der Waals surface area contributed by atoms with Gasteiger partial charge in [-0.25, -0.2) is 0 Å². The number of amides is 1. The van der Waals surface area contributed by atoms with Gasteiger partial charge in [0.1, 0.15) is 29.7 Å². The number of nitrogens with zero attached hydrogens (tertiary/aromatic N) is 2. The highest BCUT2D eigenvalue weighted by molar-refractivity contribution is 6.03. The number of benzene rings is 1. The van der Waals surface area contributed by atoms with Crippen molar-refractivity contribution in [1.82, 2.24) is 4.90 Å². The van der Waals surface area contributed by atoms with Crippen LogP contribution in [-0.2, 0) is 14.4 Å². The molecule has 1 aliphatic heterocycles. The van der Waals surface area contributed by atoms with Crippen LogP contribution in [0.4, 0.5) is 0 Å². The summed E-state index contributed by atoms with van der Waals surface area (Å²) in [6, 6.07) is 5.57. The van der Waals surface area contributed by atoms with Crippen molar-refractivity contribution in [1.29, 1.82) is 0 Å². The SMILES string of the molecule is C=CCOc1ccc2c(c1)C1C(CCCCO)C(CCCCO)C=C3C(=NOC(C)(C)C)CC(N(CCC)C(=O)C4CC4)C(OCC=C)(O2)C31. The zero-order chi connectivity index (χ0) is 35.9. The smallest absolute Gasteiger partial charge is 0.239 e. The Labute approximate surface area is 299 Å². The molecule has 276 valence electrons. The van der Waals surface area contributed by atoms with Crippen molar-refractivity contribution in [3.05, 3.63) is 60.7 Å². The fourth-order valence-electron chi connectivity index (χ4n) is 8.31. The Kier molecular flexibility index (Phi) is 12.9. The molecule has 2 saturated carbocycles. The zero-order valence-electron chi connectivity index (χ0n) is 30.8. The summed E-state index contributed by atoms with van der Waals surface area (Å²) < 4.78 is 20.4. The molecule has 0 aromatic heterocycles. The number of carbonyl (C=O) groups excluding carboxylic acids is 1. The van der Waals surface area contributed by atoms with Crippen LogP contribution in [-0.4, -0.2) is 77.1 Å². The summed E-state index contributed by atoms with van der Waals surface area (Å²) in [5, 5.41) is 24.5. The van der Waals surface area contributed by atoms with Gasteiger partial charge >= 0.3 is 0 Å². The van der Waals surface area contributed by atoms with Crippen molar-refractivity contribution in [2.45, 2.75) is 115 Å². The van der Waals surface area contributed by atoms with E-state index >= 15 is 0 Å². The number of oxime groups is 1. The lowest BCUT2D eigenvalue weighted by Gasteiger charge is -2.60. The molecule has 0 saturated heterocycles. The van der Waals surface area contributed by atoms with Gasteiger partial charge in [0.2, 0.25) is 11.7 Å². The van der Waals surface area contributed by atoms with Gasteiger partial charge in [-0.1, -0.05) is 49.7 Å². The van der Waals surface area contributed by atoms with Gasteiger partial charge in [-0.3, -0.25) is 4.79 Å². The Morgan fingerprint density at radius 2 is 1.80 bits per heavy atom. The van der Waals surface area contributed by atoms with Crippen LogP contribution >= 0.6 is 0 Å². The quantitative estimate of drug-likeness (QED) is 0.0888. The first-order chi connectivity index (χ1) is 24.1. The summed E-state index contributed by atoms with van der Waals surface area (Å²) >= 11 is 0. The maximum absolute atomic E-state index is 14.2. The summed E-state index contributed by atoms with van der Waals surface area (Å²) in [6.07, 6.45) is 13.9. The maximum atomic E-state index is 14.2. The molecule has 1 heterocycles. The van der Waals surface area contributed by atoms with Crippen molar-refractivity contribution in [2.24, 2.45) is 28.8 Å². The van der Waals surface area contributed by atoms with Crippen molar-refractivity contribution < 1.29 is 34.1 Å². The third-order valence-electron chi connectivity index (χ3n) is 10.5. The summed E-state index contributed by atoms with van der Waals surface area (Å²) in [7, 11) is 0. The van der Waals surface area contributed by atoms with Crippen LogP contribution in [0.3, 0.4) is 0 Å². The number of allylic oxidation sites excluding steroid dienone is 1. The molecular weight excluding hydrogens is 632 g/mol. The Hall–Kier alpha value is -3.14. The number of hydrogen-bond acceptors (Lipinski definition) is 8. The van der Waals surface area contributed by atoms with E-state index in [2.05, 4.69) is 32.2 Å². The number of unbranched alkanes of at least 4 members (excludes halogenated alkanes) is 2. The number of aliphatic hydroxyl groups is 2.